The van der Waals surface area contributed by atoms with Crippen molar-refractivity contribution in [2.24, 2.45) is 0 Å². The van der Waals surface area contributed by atoms with Gasteiger partial charge in [-0.1, -0.05) is 145 Å². The summed E-state index contributed by atoms with van der Waals surface area (Å²) in [6.45, 7) is 2.15. The van der Waals surface area contributed by atoms with E-state index in [0.717, 1.165) is 21.9 Å². The minimum Gasteiger partial charge on any atom is -0.456 e. The lowest BCUT2D eigenvalue weighted by atomic mass is 9.83. The van der Waals surface area contributed by atoms with Crippen LogP contribution < -0.4 is 0 Å². The second-order valence-electron chi connectivity index (χ2n) is 11.7. The van der Waals surface area contributed by atoms with Crippen LogP contribution in [0.4, 0.5) is 0 Å². The summed E-state index contributed by atoms with van der Waals surface area (Å²) in [5, 5.41) is 9.82. The maximum absolute atomic E-state index is 6.57. The van der Waals surface area contributed by atoms with Crippen molar-refractivity contribution in [2.75, 3.05) is 0 Å². The first-order valence-corrected chi connectivity index (χ1v) is 15.2. The predicted molar refractivity (Wildman–Crippen MR) is 187 cm³/mol. The molecule has 9 aromatic rings. The van der Waals surface area contributed by atoms with Gasteiger partial charge in [0.1, 0.15) is 11.2 Å². The third-order valence-electron chi connectivity index (χ3n) is 9.11. The molecule has 44 heavy (non-hydrogen) atoms. The maximum Gasteiger partial charge on any atom is 0.136 e. The van der Waals surface area contributed by atoms with Crippen molar-refractivity contribution in [3.63, 3.8) is 0 Å². The van der Waals surface area contributed by atoms with E-state index in [1.165, 1.54) is 71.3 Å². The normalized spacial score (nSPS) is 11.8. The Hall–Kier alpha value is -5.66. The number of furan rings is 1. The quantitative estimate of drug-likeness (QED) is 0.196. The van der Waals surface area contributed by atoms with Crippen molar-refractivity contribution in [3.05, 3.63) is 157 Å². The van der Waals surface area contributed by atoms with Crippen LogP contribution in [0.2, 0.25) is 0 Å². The molecule has 0 saturated heterocycles. The Morgan fingerprint density at radius 2 is 0.864 bits per heavy atom. The highest BCUT2D eigenvalue weighted by Gasteiger charge is 2.22. The molecule has 0 N–H and O–H groups in total. The second-order valence-corrected chi connectivity index (χ2v) is 11.7. The van der Waals surface area contributed by atoms with Gasteiger partial charge in [0, 0.05) is 10.8 Å². The monoisotopic (exact) mass is 560 g/mol. The Balaban J connectivity index is 1.45. The predicted octanol–water partition coefficient (Wildman–Crippen LogP) is 12.4. The molecule has 9 rings (SSSR count). The van der Waals surface area contributed by atoms with Crippen molar-refractivity contribution in [1.82, 2.24) is 0 Å². The van der Waals surface area contributed by atoms with Crippen molar-refractivity contribution in [1.29, 1.82) is 0 Å². The minimum absolute atomic E-state index is 0.906. The second kappa shape index (κ2) is 9.69. The Labute approximate surface area is 255 Å². The van der Waals surface area contributed by atoms with Crippen LogP contribution in [0, 0.1) is 6.92 Å². The SMILES string of the molecule is Cc1cccc(-c2cccc3oc4cccc(-c5c6ccccc6c(-c6cccc7ccccc67)c6ccccc56)c4c23)c1. The molecule has 0 aliphatic heterocycles. The molecule has 0 saturated carbocycles. The summed E-state index contributed by atoms with van der Waals surface area (Å²) in [5.41, 5.74) is 10.4. The van der Waals surface area contributed by atoms with Gasteiger partial charge in [0.15, 0.2) is 0 Å². The van der Waals surface area contributed by atoms with Gasteiger partial charge < -0.3 is 4.42 Å². The van der Waals surface area contributed by atoms with Crippen LogP contribution in [0.3, 0.4) is 0 Å². The van der Waals surface area contributed by atoms with Crippen LogP contribution in [0.5, 0.6) is 0 Å². The van der Waals surface area contributed by atoms with Crippen LogP contribution in [-0.4, -0.2) is 0 Å². The third kappa shape index (κ3) is 3.66. The number of aryl methyl sites for hydroxylation is 1. The van der Waals surface area contributed by atoms with Crippen LogP contribution in [0.1, 0.15) is 5.56 Å². The number of fused-ring (bicyclic) bond motifs is 6. The molecular weight excluding hydrogens is 532 g/mol. The molecule has 0 aliphatic carbocycles. The zero-order valence-electron chi connectivity index (χ0n) is 24.3. The van der Waals surface area contributed by atoms with Crippen molar-refractivity contribution in [2.45, 2.75) is 6.92 Å². The smallest absolute Gasteiger partial charge is 0.136 e. The lowest BCUT2D eigenvalue weighted by Gasteiger charge is -2.19. The van der Waals surface area contributed by atoms with Gasteiger partial charge in [-0.2, -0.15) is 0 Å². The lowest BCUT2D eigenvalue weighted by Crippen LogP contribution is -1.92. The Morgan fingerprint density at radius 1 is 0.386 bits per heavy atom. The zero-order valence-corrected chi connectivity index (χ0v) is 24.3. The van der Waals surface area contributed by atoms with Gasteiger partial charge in [0.2, 0.25) is 0 Å². The van der Waals surface area contributed by atoms with Gasteiger partial charge in [0.05, 0.1) is 0 Å². The van der Waals surface area contributed by atoms with Gasteiger partial charge in [-0.25, -0.2) is 0 Å². The van der Waals surface area contributed by atoms with Gasteiger partial charge in [-0.3, -0.25) is 0 Å². The van der Waals surface area contributed by atoms with Crippen molar-refractivity contribution >= 4 is 54.3 Å². The van der Waals surface area contributed by atoms with Crippen LogP contribution in [0.15, 0.2) is 156 Å². The molecule has 1 heteroatoms. The highest BCUT2D eigenvalue weighted by Crippen LogP contribution is 2.48. The Bertz CT molecular complexity index is 2500. The number of hydrogen-bond acceptors (Lipinski definition) is 1. The van der Waals surface area contributed by atoms with Crippen LogP contribution in [0.25, 0.3) is 87.6 Å². The van der Waals surface area contributed by atoms with E-state index in [4.69, 9.17) is 4.42 Å². The Morgan fingerprint density at radius 3 is 1.52 bits per heavy atom. The largest absolute Gasteiger partial charge is 0.456 e. The molecule has 0 amide bonds. The maximum atomic E-state index is 6.57. The molecule has 1 heterocycles. The van der Waals surface area contributed by atoms with Crippen LogP contribution in [-0.2, 0) is 0 Å². The topological polar surface area (TPSA) is 13.1 Å². The lowest BCUT2D eigenvalue weighted by molar-refractivity contribution is 0.669. The van der Waals surface area contributed by atoms with E-state index in [9.17, 15) is 0 Å². The fourth-order valence-corrected chi connectivity index (χ4v) is 7.28. The molecule has 0 aliphatic rings. The minimum atomic E-state index is 0.906. The highest BCUT2D eigenvalue weighted by atomic mass is 16.3. The zero-order chi connectivity index (χ0) is 29.2. The molecule has 1 aromatic heterocycles. The molecule has 0 fully saturated rings. The van der Waals surface area contributed by atoms with E-state index < -0.39 is 0 Å². The number of rotatable bonds is 3. The third-order valence-corrected chi connectivity index (χ3v) is 9.11. The number of benzene rings is 8. The average molecular weight is 561 g/mol. The molecular formula is C43H28O. The summed E-state index contributed by atoms with van der Waals surface area (Å²) in [6.07, 6.45) is 0. The molecule has 0 spiro atoms. The van der Waals surface area contributed by atoms with Gasteiger partial charge in [0.25, 0.3) is 0 Å². The van der Waals surface area contributed by atoms with Gasteiger partial charge in [-0.05, 0) is 84.8 Å². The molecule has 1 nitrogen and oxygen atoms in total. The molecule has 0 radical (unpaired) electrons. The molecule has 0 atom stereocenters. The standard InChI is InChI=1S/C43H28O/c1-27-12-8-15-29(26-27)31-21-10-24-38-42(31)43-37(23-11-25-39(43)44-38)41-35-19-6-4-17-33(35)40(34-18-5-7-20-36(34)41)32-22-9-14-28-13-2-3-16-30(28)32/h2-26H,1H3. The van der Waals surface area contributed by atoms with E-state index in [0.29, 0.717) is 0 Å². The van der Waals surface area contributed by atoms with Crippen molar-refractivity contribution in [3.8, 4) is 33.4 Å². The number of hydrogen-bond donors (Lipinski definition) is 0. The highest BCUT2D eigenvalue weighted by molar-refractivity contribution is 6.27. The van der Waals surface area contributed by atoms with Gasteiger partial charge >= 0.3 is 0 Å². The summed E-state index contributed by atoms with van der Waals surface area (Å²) >= 11 is 0. The van der Waals surface area contributed by atoms with E-state index in [2.05, 4.69) is 159 Å². The van der Waals surface area contributed by atoms with Gasteiger partial charge in [-0.15, -0.1) is 0 Å². The first kappa shape index (κ1) is 24.9. The first-order chi connectivity index (χ1) is 21.8. The van der Waals surface area contributed by atoms with E-state index in [-0.39, 0.29) is 0 Å². The summed E-state index contributed by atoms with van der Waals surface area (Å²) < 4.78 is 6.57. The molecule has 8 aromatic carbocycles. The first-order valence-electron chi connectivity index (χ1n) is 15.2. The van der Waals surface area contributed by atoms with Crippen molar-refractivity contribution < 1.29 is 4.42 Å². The van der Waals surface area contributed by atoms with Crippen LogP contribution >= 0.6 is 0 Å². The summed E-state index contributed by atoms with van der Waals surface area (Å²) in [4.78, 5) is 0. The summed E-state index contributed by atoms with van der Waals surface area (Å²) in [7, 11) is 0. The molecule has 206 valence electrons. The van der Waals surface area contributed by atoms with E-state index in [1.54, 1.807) is 0 Å². The summed E-state index contributed by atoms with van der Waals surface area (Å²) in [5.74, 6) is 0. The average Bonchev–Trinajstić information content (AvgIpc) is 3.46. The fraction of sp³-hybridized carbons (Fsp3) is 0.0233. The fourth-order valence-electron chi connectivity index (χ4n) is 7.28. The van der Waals surface area contributed by atoms with E-state index in [1.807, 2.05) is 0 Å². The van der Waals surface area contributed by atoms with E-state index >= 15 is 0 Å². The molecule has 0 unspecified atom stereocenters. The Kier molecular flexibility index (Phi) is 5.48. The molecule has 0 bridgehead atoms. The summed E-state index contributed by atoms with van der Waals surface area (Å²) in [6, 6.07) is 54.9.